The van der Waals surface area contributed by atoms with E-state index in [1.165, 1.54) is 17.2 Å². The van der Waals surface area contributed by atoms with Crippen LogP contribution in [-0.4, -0.2) is 27.9 Å². The average Bonchev–Trinajstić information content (AvgIpc) is 3.28. The zero-order valence-electron chi connectivity index (χ0n) is 22.1. The Bertz CT molecular complexity index is 1880. The topological polar surface area (TPSA) is 148 Å². The molecule has 0 unspecified atom stereocenters. The number of hydrogen-bond donors (Lipinski definition) is 1. The van der Waals surface area contributed by atoms with E-state index in [-0.39, 0.29) is 22.5 Å². The number of amides is 2. The van der Waals surface area contributed by atoms with E-state index in [4.69, 9.17) is 11.6 Å². The highest BCUT2D eigenvalue weighted by Gasteiger charge is 2.68. The maximum Gasteiger partial charge on any atom is 0.301 e. The van der Waals surface area contributed by atoms with Crippen molar-refractivity contribution < 1.29 is 19.4 Å². The minimum Gasteiger partial charge on any atom is -0.274 e. The number of non-ortho nitro benzene ring substituents is 1. The van der Waals surface area contributed by atoms with Gasteiger partial charge in [0, 0.05) is 18.2 Å². The van der Waals surface area contributed by atoms with E-state index in [1.54, 1.807) is 24.3 Å². The number of benzene rings is 4. The quantitative estimate of drug-likeness (QED) is 0.128. The molecule has 0 aromatic heterocycles. The molecule has 12 heteroatoms. The highest BCUT2D eigenvalue weighted by atomic mass is 35.5. The van der Waals surface area contributed by atoms with Crippen LogP contribution in [-0.2, 0) is 15.0 Å². The van der Waals surface area contributed by atoms with E-state index in [2.05, 4.69) is 10.5 Å². The molecule has 1 heterocycles. The van der Waals surface area contributed by atoms with Gasteiger partial charge in [-0.15, -0.1) is 0 Å². The summed E-state index contributed by atoms with van der Waals surface area (Å²) in [5.41, 5.74) is 4.07. The van der Waals surface area contributed by atoms with Crippen LogP contribution >= 0.6 is 11.6 Å². The zero-order chi connectivity index (χ0) is 30.0. The van der Waals surface area contributed by atoms with Crippen LogP contribution in [0, 0.1) is 32.1 Å². The Kier molecular flexibility index (Phi) is 5.89. The lowest BCUT2D eigenvalue weighted by atomic mass is 9.47. The molecule has 4 aromatic rings. The summed E-state index contributed by atoms with van der Waals surface area (Å²) >= 11 is 6.48. The molecule has 0 spiro atoms. The third-order valence-electron chi connectivity index (χ3n) is 8.62. The molecule has 2 amide bonds. The number of rotatable bonds is 6. The Morgan fingerprint density at radius 3 is 2.09 bits per heavy atom. The van der Waals surface area contributed by atoms with Gasteiger partial charge in [0.15, 0.2) is 0 Å². The Labute approximate surface area is 248 Å². The maximum absolute atomic E-state index is 14.4. The number of nitro groups is 2. The number of imide groups is 1. The first-order valence-electron chi connectivity index (χ1n) is 13.3. The van der Waals surface area contributed by atoms with Gasteiger partial charge in [-0.05, 0) is 40.5 Å². The van der Waals surface area contributed by atoms with Crippen LogP contribution in [0.2, 0.25) is 5.02 Å². The normalized spacial score (nSPS) is 23.2. The van der Waals surface area contributed by atoms with E-state index < -0.39 is 44.4 Å². The molecular formula is C31H20ClN5O6. The molecule has 4 aromatic carbocycles. The van der Waals surface area contributed by atoms with Gasteiger partial charge in [-0.25, -0.2) is 4.90 Å². The summed E-state index contributed by atoms with van der Waals surface area (Å²) in [4.78, 5) is 51.3. The minimum absolute atomic E-state index is 0.0719. The van der Waals surface area contributed by atoms with Crippen molar-refractivity contribution in [3.63, 3.8) is 0 Å². The molecule has 11 nitrogen and oxygen atoms in total. The predicted molar refractivity (Wildman–Crippen MR) is 158 cm³/mol. The monoisotopic (exact) mass is 593 g/mol. The molecule has 1 aliphatic heterocycles. The average molecular weight is 594 g/mol. The SMILES string of the molecule is O=C1[C@@H]2[C@@H](C(=O)N1c1ccccc1Cl)C1c3ccccc3C2(/C=N\Nc2ccc([N+](=O)[O-])cc2[N+](=O)[O-])c2ccccc21. The van der Waals surface area contributed by atoms with E-state index in [0.717, 1.165) is 34.4 Å². The van der Waals surface area contributed by atoms with Crippen molar-refractivity contribution in [2.24, 2.45) is 16.9 Å². The second-order valence-electron chi connectivity index (χ2n) is 10.6. The van der Waals surface area contributed by atoms with Crippen molar-refractivity contribution >= 4 is 52.4 Å². The van der Waals surface area contributed by atoms with Crippen LogP contribution < -0.4 is 10.3 Å². The van der Waals surface area contributed by atoms with Gasteiger partial charge >= 0.3 is 5.69 Å². The van der Waals surface area contributed by atoms with E-state index >= 15 is 0 Å². The van der Waals surface area contributed by atoms with Crippen LogP contribution in [0.4, 0.5) is 22.7 Å². The molecule has 3 aliphatic carbocycles. The minimum atomic E-state index is -1.22. The van der Waals surface area contributed by atoms with Crippen molar-refractivity contribution in [3.05, 3.63) is 139 Å². The fourth-order valence-corrected chi connectivity index (χ4v) is 7.22. The summed E-state index contributed by atoms with van der Waals surface area (Å²) < 4.78 is 0. The van der Waals surface area contributed by atoms with Crippen molar-refractivity contribution in [2.45, 2.75) is 11.3 Å². The Balaban J connectivity index is 1.42. The molecule has 0 saturated carbocycles. The summed E-state index contributed by atoms with van der Waals surface area (Å²) in [5, 5.41) is 27.6. The number of anilines is 2. The second kappa shape index (κ2) is 9.57. The number of para-hydroxylation sites is 1. The number of hydrazone groups is 1. The first kappa shape index (κ1) is 26.5. The summed E-state index contributed by atoms with van der Waals surface area (Å²) in [6.45, 7) is 0. The molecule has 1 fully saturated rings. The van der Waals surface area contributed by atoms with Gasteiger partial charge in [-0.3, -0.25) is 35.2 Å². The standard InChI is InChI=1S/C31H20ClN5O6/c32-22-11-5-6-12-24(22)35-29(38)27-26-18-7-1-3-9-20(18)31(28(27)30(35)39,21-10-4-2-8-19(21)26)16-33-34-23-14-13-17(36(40)41)15-25(23)37(42)43/h1-16,26-28,34H/b33-16-/t26?,27-,28-,31?/m0/s1. The number of nitrogens with zero attached hydrogens (tertiary/aromatic N) is 4. The van der Waals surface area contributed by atoms with Crippen LogP contribution in [0.25, 0.3) is 0 Å². The highest BCUT2D eigenvalue weighted by Crippen LogP contribution is 2.63. The lowest BCUT2D eigenvalue weighted by Crippen LogP contribution is -2.54. The number of nitro benzene ring substituents is 2. The van der Waals surface area contributed by atoms with Crippen molar-refractivity contribution in [1.29, 1.82) is 0 Å². The number of carbonyl (C=O) groups is 2. The largest absolute Gasteiger partial charge is 0.301 e. The Morgan fingerprint density at radius 2 is 1.47 bits per heavy atom. The third kappa shape index (κ3) is 3.64. The number of halogens is 1. The number of nitrogens with one attached hydrogen (secondary N) is 1. The van der Waals surface area contributed by atoms with Crippen LogP contribution in [0.5, 0.6) is 0 Å². The lowest BCUT2D eigenvalue weighted by Gasteiger charge is -2.52. The van der Waals surface area contributed by atoms with Gasteiger partial charge < -0.3 is 0 Å². The molecule has 2 atom stereocenters. The Hall–Kier alpha value is -5.42. The fourth-order valence-electron chi connectivity index (χ4n) is 7.00. The molecule has 1 saturated heterocycles. The fraction of sp³-hybridized carbons (Fsp3) is 0.129. The maximum atomic E-state index is 14.4. The van der Waals surface area contributed by atoms with Gasteiger partial charge in [-0.1, -0.05) is 72.3 Å². The van der Waals surface area contributed by atoms with E-state index in [1.807, 2.05) is 48.5 Å². The first-order valence-corrected chi connectivity index (χ1v) is 13.7. The van der Waals surface area contributed by atoms with Gasteiger partial charge in [-0.2, -0.15) is 5.10 Å². The zero-order valence-corrected chi connectivity index (χ0v) is 22.8. The second-order valence-corrected chi connectivity index (χ2v) is 11.0. The molecular weight excluding hydrogens is 574 g/mol. The molecule has 0 radical (unpaired) electrons. The van der Waals surface area contributed by atoms with Crippen LogP contribution in [0.15, 0.2) is 96.1 Å². The third-order valence-corrected chi connectivity index (χ3v) is 8.94. The van der Waals surface area contributed by atoms with Crippen molar-refractivity contribution in [2.75, 3.05) is 10.3 Å². The smallest absolute Gasteiger partial charge is 0.274 e. The van der Waals surface area contributed by atoms with Crippen molar-refractivity contribution in [1.82, 2.24) is 0 Å². The Morgan fingerprint density at radius 1 is 0.837 bits per heavy atom. The summed E-state index contributed by atoms with van der Waals surface area (Å²) in [5.74, 6) is -2.82. The molecule has 4 aliphatic rings. The van der Waals surface area contributed by atoms with Gasteiger partial charge in [0.05, 0.1) is 43.9 Å². The highest BCUT2D eigenvalue weighted by molar-refractivity contribution is 6.36. The van der Waals surface area contributed by atoms with E-state index in [9.17, 15) is 29.8 Å². The van der Waals surface area contributed by atoms with E-state index in [0.29, 0.717) is 5.69 Å². The van der Waals surface area contributed by atoms with Crippen molar-refractivity contribution in [3.8, 4) is 0 Å². The molecule has 2 bridgehead atoms. The molecule has 8 rings (SSSR count). The van der Waals surface area contributed by atoms with Crippen LogP contribution in [0.1, 0.15) is 28.2 Å². The lowest BCUT2D eigenvalue weighted by molar-refractivity contribution is -0.393. The molecule has 212 valence electrons. The predicted octanol–water partition coefficient (Wildman–Crippen LogP) is 5.81. The van der Waals surface area contributed by atoms with Gasteiger partial charge in [0.2, 0.25) is 11.8 Å². The van der Waals surface area contributed by atoms with Gasteiger partial charge in [0.1, 0.15) is 5.69 Å². The summed E-state index contributed by atoms with van der Waals surface area (Å²) in [6.07, 6.45) is 1.53. The summed E-state index contributed by atoms with van der Waals surface area (Å²) in [6, 6.07) is 25.1. The van der Waals surface area contributed by atoms with Crippen LogP contribution in [0.3, 0.4) is 0 Å². The molecule has 43 heavy (non-hydrogen) atoms. The summed E-state index contributed by atoms with van der Waals surface area (Å²) in [7, 11) is 0. The number of carbonyl (C=O) groups excluding carboxylic acids is 2. The number of hydrogen-bond acceptors (Lipinski definition) is 8. The molecule has 1 N–H and O–H groups in total. The van der Waals surface area contributed by atoms with Gasteiger partial charge in [0.25, 0.3) is 5.69 Å². The first-order chi connectivity index (χ1) is 20.8.